The quantitative estimate of drug-likeness (QED) is 0.923. The highest BCUT2D eigenvalue weighted by molar-refractivity contribution is 9.10. The molecule has 0 saturated carbocycles. The van der Waals surface area contributed by atoms with E-state index >= 15 is 0 Å². The molecule has 0 saturated heterocycles. The van der Waals surface area contributed by atoms with Crippen LogP contribution in [0.3, 0.4) is 0 Å². The summed E-state index contributed by atoms with van der Waals surface area (Å²) >= 11 is 4.86. The Bertz CT molecular complexity index is 544. The second-order valence-electron chi connectivity index (χ2n) is 3.94. The van der Waals surface area contributed by atoms with Crippen LogP contribution in [0, 0.1) is 5.82 Å². The largest absolute Gasteiger partial charge is 0.496 e. The van der Waals surface area contributed by atoms with E-state index in [0.717, 1.165) is 15.1 Å². The van der Waals surface area contributed by atoms with Gasteiger partial charge in [-0.3, -0.25) is 0 Å². The van der Waals surface area contributed by atoms with Crippen LogP contribution in [0.4, 0.5) is 4.39 Å². The summed E-state index contributed by atoms with van der Waals surface area (Å²) < 4.78 is 19.6. The van der Waals surface area contributed by atoms with Crippen molar-refractivity contribution in [1.82, 2.24) is 0 Å². The van der Waals surface area contributed by atoms with Gasteiger partial charge in [-0.15, -0.1) is 11.3 Å². The molecule has 0 fully saturated rings. The molecule has 0 aliphatic rings. The first-order valence-electron chi connectivity index (χ1n) is 5.42. The van der Waals surface area contributed by atoms with E-state index in [4.69, 9.17) is 10.5 Å². The Morgan fingerprint density at radius 1 is 1.44 bits per heavy atom. The number of benzene rings is 1. The first-order valence-corrected chi connectivity index (χ1v) is 7.09. The van der Waals surface area contributed by atoms with E-state index < -0.39 is 0 Å². The van der Waals surface area contributed by atoms with Gasteiger partial charge in [-0.2, -0.15) is 0 Å². The molecule has 5 heteroatoms. The fourth-order valence-electron chi connectivity index (χ4n) is 1.67. The minimum absolute atomic E-state index is 0.220. The summed E-state index contributed by atoms with van der Waals surface area (Å²) in [5.74, 6) is 0.567. The molecule has 2 aromatic rings. The molecule has 18 heavy (non-hydrogen) atoms. The highest BCUT2D eigenvalue weighted by Gasteiger charge is 2.13. The monoisotopic (exact) mass is 329 g/mol. The van der Waals surface area contributed by atoms with Gasteiger partial charge in [0.1, 0.15) is 11.6 Å². The predicted molar refractivity (Wildman–Crippen MR) is 75.6 cm³/mol. The molecule has 1 atom stereocenters. The number of halogens is 2. The molecule has 0 bridgehead atoms. The van der Waals surface area contributed by atoms with Gasteiger partial charge >= 0.3 is 0 Å². The SMILES string of the molecule is COc1csc(C(N)Cc2cc(Br)ccc2F)c1. The minimum atomic E-state index is -0.225. The highest BCUT2D eigenvalue weighted by atomic mass is 79.9. The van der Waals surface area contributed by atoms with Crippen molar-refractivity contribution in [2.45, 2.75) is 12.5 Å². The lowest BCUT2D eigenvalue weighted by Gasteiger charge is -2.10. The second-order valence-corrected chi connectivity index (χ2v) is 5.79. The summed E-state index contributed by atoms with van der Waals surface area (Å²) in [5.41, 5.74) is 6.70. The number of methoxy groups -OCH3 is 1. The number of hydrogen-bond acceptors (Lipinski definition) is 3. The van der Waals surface area contributed by atoms with Gasteiger partial charge in [-0.25, -0.2) is 4.39 Å². The summed E-state index contributed by atoms with van der Waals surface area (Å²) in [6.07, 6.45) is 0.467. The van der Waals surface area contributed by atoms with E-state index in [1.54, 1.807) is 19.2 Å². The van der Waals surface area contributed by atoms with Crippen molar-refractivity contribution in [3.8, 4) is 5.75 Å². The summed E-state index contributed by atoms with van der Waals surface area (Å²) in [4.78, 5) is 0.992. The van der Waals surface area contributed by atoms with Gasteiger partial charge in [0.25, 0.3) is 0 Å². The molecule has 1 aromatic carbocycles. The third kappa shape index (κ3) is 3.10. The summed E-state index contributed by atoms with van der Waals surface area (Å²) in [7, 11) is 1.62. The summed E-state index contributed by atoms with van der Waals surface area (Å²) in [6.45, 7) is 0. The van der Waals surface area contributed by atoms with E-state index in [-0.39, 0.29) is 11.9 Å². The Morgan fingerprint density at radius 3 is 2.89 bits per heavy atom. The second kappa shape index (κ2) is 5.82. The van der Waals surface area contributed by atoms with Gasteiger partial charge < -0.3 is 10.5 Å². The zero-order valence-corrected chi connectivity index (χ0v) is 12.2. The van der Waals surface area contributed by atoms with E-state index in [9.17, 15) is 4.39 Å². The Kier molecular flexibility index (Phi) is 4.37. The molecule has 2 N–H and O–H groups in total. The lowest BCUT2D eigenvalue weighted by Crippen LogP contribution is -2.12. The molecule has 2 rings (SSSR count). The molecule has 1 heterocycles. The third-order valence-electron chi connectivity index (χ3n) is 2.64. The molecule has 1 aromatic heterocycles. The maximum Gasteiger partial charge on any atom is 0.129 e. The molecule has 1 unspecified atom stereocenters. The van der Waals surface area contributed by atoms with Crippen molar-refractivity contribution in [2.24, 2.45) is 5.73 Å². The van der Waals surface area contributed by atoms with Crippen molar-refractivity contribution in [1.29, 1.82) is 0 Å². The Labute approximate surface area is 118 Å². The Morgan fingerprint density at radius 2 is 2.22 bits per heavy atom. The average Bonchev–Trinajstić information content (AvgIpc) is 2.82. The van der Waals surface area contributed by atoms with Crippen molar-refractivity contribution >= 4 is 27.3 Å². The first-order chi connectivity index (χ1) is 8.60. The summed E-state index contributed by atoms with van der Waals surface area (Å²) in [5, 5.41) is 1.90. The average molecular weight is 330 g/mol. The molecule has 2 nitrogen and oxygen atoms in total. The van der Waals surface area contributed by atoms with Crippen LogP contribution in [0.2, 0.25) is 0 Å². The highest BCUT2D eigenvalue weighted by Crippen LogP contribution is 2.28. The summed E-state index contributed by atoms with van der Waals surface area (Å²) in [6, 6.07) is 6.56. The number of hydrogen-bond donors (Lipinski definition) is 1. The fourth-order valence-corrected chi connectivity index (χ4v) is 2.94. The molecule has 96 valence electrons. The normalized spacial score (nSPS) is 12.4. The van der Waals surface area contributed by atoms with Crippen LogP contribution in [0.25, 0.3) is 0 Å². The number of ether oxygens (including phenoxy) is 1. The lowest BCUT2D eigenvalue weighted by atomic mass is 10.0. The topological polar surface area (TPSA) is 35.2 Å². The van der Waals surface area contributed by atoms with Crippen LogP contribution in [0.1, 0.15) is 16.5 Å². The van der Waals surface area contributed by atoms with E-state index in [2.05, 4.69) is 15.9 Å². The van der Waals surface area contributed by atoms with Gasteiger partial charge in [-0.1, -0.05) is 15.9 Å². The van der Waals surface area contributed by atoms with Crippen molar-refractivity contribution in [3.63, 3.8) is 0 Å². The maximum atomic E-state index is 13.6. The Hall–Kier alpha value is -0.910. The van der Waals surface area contributed by atoms with E-state index in [1.165, 1.54) is 17.4 Å². The van der Waals surface area contributed by atoms with Gasteiger partial charge in [0, 0.05) is 20.8 Å². The van der Waals surface area contributed by atoms with Crippen molar-refractivity contribution < 1.29 is 9.13 Å². The zero-order valence-electron chi connectivity index (χ0n) is 9.82. The molecule has 0 spiro atoms. The molecular formula is C13H13BrFNOS. The lowest BCUT2D eigenvalue weighted by molar-refractivity contribution is 0.416. The molecule has 0 amide bonds. The van der Waals surface area contributed by atoms with Crippen LogP contribution < -0.4 is 10.5 Å². The number of thiophene rings is 1. The van der Waals surface area contributed by atoms with Gasteiger partial charge in [0.15, 0.2) is 0 Å². The van der Waals surface area contributed by atoms with Crippen LogP contribution >= 0.6 is 27.3 Å². The minimum Gasteiger partial charge on any atom is -0.496 e. The van der Waals surface area contributed by atoms with Gasteiger partial charge in [-0.05, 0) is 36.2 Å². The number of nitrogens with two attached hydrogens (primary N) is 1. The number of rotatable bonds is 4. The van der Waals surface area contributed by atoms with E-state index in [1.807, 2.05) is 11.4 Å². The zero-order chi connectivity index (χ0) is 13.1. The molecule has 0 aliphatic carbocycles. The smallest absolute Gasteiger partial charge is 0.129 e. The van der Waals surface area contributed by atoms with Crippen LogP contribution in [0.15, 0.2) is 34.1 Å². The van der Waals surface area contributed by atoms with E-state index in [0.29, 0.717) is 12.0 Å². The Balaban J connectivity index is 2.15. The standard InChI is InChI=1S/C13H13BrFNOS/c1-17-10-6-13(18-7-10)12(16)5-8-4-9(14)2-3-11(8)15/h2-4,6-7,12H,5,16H2,1H3. The van der Waals surface area contributed by atoms with Crippen LogP contribution in [-0.4, -0.2) is 7.11 Å². The van der Waals surface area contributed by atoms with Gasteiger partial charge in [0.2, 0.25) is 0 Å². The molecular weight excluding hydrogens is 317 g/mol. The van der Waals surface area contributed by atoms with Gasteiger partial charge in [0.05, 0.1) is 7.11 Å². The van der Waals surface area contributed by atoms with Crippen LogP contribution in [-0.2, 0) is 6.42 Å². The van der Waals surface area contributed by atoms with Crippen molar-refractivity contribution in [2.75, 3.05) is 7.11 Å². The van der Waals surface area contributed by atoms with Crippen LogP contribution in [0.5, 0.6) is 5.75 Å². The molecule has 0 aliphatic heterocycles. The first kappa shape index (κ1) is 13.5. The fraction of sp³-hybridized carbons (Fsp3) is 0.231. The third-order valence-corrected chi connectivity index (χ3v) is 4.18. The predicted octanol–water partition coefficient (Wildman–Crippen LogP) is 3.90. The maximum absolute atomic E-state index is 13.6. The van der Waals surface area contributed by atoms with Crippen molar-refractivity contribution in [3.05, 3.63) is 50.4 Å². The molecule has 0 radical (unpaired) electrons.